The molecule has 0 bridgehead atoms. The van der Waals surface area contributed by atoms with Crippen LogP contribution in [0.1, 0.15) is 18.9 Å². The number of carbonyl (C=O) groups is 1. The van der Waals surface area contributed by atoms with Crippen LogP contribution in [-0.4, -0.2) is 26.7 Å². The molecule has 0 aliphatic carbocycles. The van der Waals surface area contributed by atoms with E-state index < -0.39 is 5.91 Å². The highest BCUT2D eigenvalue weighted by Gasteiger charge is 2.18. The average molecular weight is 370 g/mol. The van der Waals surface area contributed by atoms with E-state index in [-0.39, 0.29) is 11.4 Å². The van der Waals surface area contributed by atoms with Crippen LogP contribution >= 0.6 is 0 Å². The summed E-state index contributed by atoms with van der Waals surface area (Å²) in [6.07, 6.45) is 0.798. The molecule has 0 saturated heterocycles. The number of nitrogens with one attached hydrogen (secondary N) is 1. The third kappa shape index (κ3) is 4.08. The van der Waals surface area contributed by atoms with E-state index in [1.165, 1.54) is 0 Å². The lowest BCUT2D eigenvalue weighted by Gasteiger charge is -2.17. The second kappa shape index (κ2) is 8.84. The Labute approximate surface area is 159 Å². The number of hydrogen-bond acceptors (Lipinski definition) is 6. The molecule has 0 aliphatic rings. The number of para-hydroxylation sites is 2. The summed E-state index contributed by atoms with van der Waals surface area (Å²) in [7, 11) is 3.13. The Kier molecular flexibility index (Phi) is 6.54. The molecular weight excluding hydrogens is 344 g/mol. The van der Waals surface area contributed by atoms with Crippen LogP contribution in [0.15, 0.2) is 42.1 Å². The fourth-order valence-corrected chi connectivity index (χ4v) is 2.74. The van der Waals surface area contributed by atoms with Gasteiger partial charge in [0.05, 0.1) is 19.9 Å². The Bertz CT molecular complexity index is 862. The van der Waals surface area contributed by atoms with E-state index in [0.717, 1.165) is 12.0 Å². The summed E-state index contributed by atoms with van der Waals surface area (Å²) in [6.45, 7) is 2.47. The van der Waals surface area contributed by atoms with Crippen molar-refractivity contribution in [3.05, 3.63) is 47.7 Å². The summed E-state index contributed by atoms with van der Waals surface area (Å²) < 4.78 is 10.8. The molecule has 0 atom stereocenters. The first-order valence-electron chi connectivity index (χ1n) is 8.59. The smallest absolute Gasteiger partial charge is 0.269 e. The fraction of sp³-hybridized carbons (Fsp3) is 0.250. The number of nitrogens with two attached hydrogens (primary N) is 3. The van der Waals surface area contributed by atoms with E-state index in [9.17, 15) is 4.79 Å². The van der Waals surface area contributed by atoms with Crippen LogP contribution < -0.4 is 32.0 Å². The predicted molar refractivity (Wildman–Crippen MR) is 108 cm³/mol. The van der Waals surface area contributed by atoms with Gasteiger partial charge in [-0.2, -0.15) is 0 Å². The zero-order valence-electron chi connectivity index (χ0n) is 15.8. The molecule has 0 aromatic heterocycles. The van der Waals surface area contributed by atoms with Crippen molar-refractivity contribution in [3.63, 3.8) is 0 Å². The molecular formula is C20H26N4O3. The number of carbonyl (C=O) groups excluding carboxylic acids is 1. The molecule has 7 N–H and O–H groups in total. The minimum absolute atomic E-state index is 0.0649. The minimum atomic E-state index is -0.418. The van der Waals surface area contributed by atoms with Crippen LogP contribution in [0.4, 0.5) is 5.69 Å². The Balaban J connectivity index is 2.56. The molecule has 2 aromatic rings. The van der Waals surface area contributed by atoms with Gasteiger partial charge >= 0.3 is 0 Å². The SMILES string of the molecule is CCCNC(=O)/C(N)=C(\N)c1cccc(-c2cccc(OC)c2OC)c1N. The highest BCUT2D eigenvalue weighted by molar-refractivity contribution is 6.01. The van der Waals surface area contributed by atoms with Crippen LogP contribution in [0, 0.1) is 0 Å². The predicted octanol–water partition coefficient (Wildman–Crippen LogP) is 2.07. The first-order valence-corrected chi connectivity index (χ1v) is 8.59. The Morgan fingerprint density at radius 2 is 1.70 bits per heavy atom. The maximum absolute atomic E-state index is 12.1. The topological polar surface area (TPSA) is 126 Å². The standard InChI is InChI=1S/C20H26N4O3/c1-4-11-24-20(25)18(23)17(22)14-9-5-7-12(16(14)21)13-8-6-10-15(26-2)19(13)27-3/h5-10H,4,11,21-23H2,1-3H3,(H,24,25)/b18-17+. The summed E-state index contributed by atoms with van der Waals surface area (Å²) in [5, 5.41) is 2.70. The third-order valence-corrected chi connectivity index (χ3v) is 4.16. The van der Waals surface area contributed by atoms with Gasteiger partial charge in [0, 0.05) is 28.9 Å². The lowest BCUT2D eigenvalue weighted by molar-refractivity contribution is -0.117. The summed E-state index contributed by atoms with van der Waals surface area (Å²) >= 11 is 0. The molecule has 0 heterocycles. The van der Waals surface area contributed by atoms with Crippen LogP contribution in [0.5, 0.6) is 11.5 Å². The lowest BCUT2D eigenvalue weighted by atomic mass is 9.97. The monoisotopic (exact) mass is 370 g/mol. The largest absolute Gasteiger partial charge is 0.493 e. The number of amides is 1. The average Bonchev–Trinajstić information content (AvgIpc) is 2.70. The van der Waals surface area contributed by atoms with Gasteiger partial charge in [0.25, 0.3) is 5.91 Å². The van der Waals surface area contributed by atoms with Gasteiger partial charge in [0.1, 0.15) is 5.70 Å². The maximum Gasteiger partial charge on any atom is 0.269 e. The zero-order valence-corrected chi connectivity index (χ0v) is 15.8. The summed E-state index contributed by atoms with van der Waals surface area (Å²) in [4.78, 5) is 12.1. The number of anilines is 1. The van der Waals surface area contributed by atoms with Crippen molar-refractivity contribution in [1.82, 2.24) is 5.32 Å². The molecule has 2 rings (SSSR count). The molecule has 0 spiro atoms. The fourth-order valence-electron chi connectivity index (χ4n) is 2.74. The van der Waals surface area contributed by atoms with E-state index in [1.807, 2.05) is 25.1 Å². The highest BCUT2D eigenvalue weighted by atomic mass is 16.5. The quantitative estimate of drug-likeness (QED) is 0.437. The summed E-state index contributed by atoms with van der Waals surface area (Å²) in [5.74, 6) is 0.722. The van der Waals surface area contributed by atoms with Gasteiger partial charge in [0.2, 0.25) is 0 Å². The molecule has 2 aromatic carbocycles. The van der Waals surface area contributed by atoms with Crippen molar-refractivity contribution in [1.29, 1.82) is 0 Å². The summed E-state index contributed by atoms with van der Waals surface area (Å²) in [6, 6.07) is 10.9. The van der Waals surface area contributed by atoms with Gasteiger partial charge in [-0.05, 0) is 12.5 Å². The van der Waals surface area contributed by atoms with Crippen molar-refractivity contribution in [2.24, 2.45) is 11.5 Å². The number of rotatable bonds is 7. The second-order valence-electron chi connectivity index (χ2n) is 5.89. The van der Waals surface area contributed by atoms with Gasteiger partial charge in [0.15, 0.2) is 11.5 Å². The van der Waals surface area contributed by atoms with E-state index in [4.69, 9.17) is 26.7 Å². The Hall–Kier alpha value is -3.35. The van der Waals surface area contributed by atoms with Crippen LogP contribution in [0.3, 0.4) is 0 Å². The molecule has 0 saturated carbocycles. The molecule has 7 heteroatoms. The summed E-state index contributed by atoms with van der Waals surface area (Å²) in [5.41, 5.74) is 20.8. The van der Waals surface area contributed by atoms with Gasteiger partial charge in [-0.3, -0.25) is 4.79 Å². The Morgan fingerprint density at radius 3 is 2.33 bits per heavy atom. The van der Waals surface area contributed by atoms with Gasteiger partial charge in [-0.1, -0.05) is 37.3 Å². The number of nitrogen functional groups attached to an aromatic ring is 1. The van der Waals surface area contributed by atoms with Crippen molar-refractivity contribution >= 4 is 17.3 Å². The molecule has 1 amide bonds. The van der Waals surface area contributed by atoms with Crippen LogP contribution in [0.25, 0.3) is 16.8 Å². The molecule has 7 nitrogen and oxygen atoms in total. The molecule has 27 heavy (non-hydrogen) atoms. The van der Waals surface area contributed by atoms with Crippen molar-refractivity contribution < 1.29 is 14.3 Å². The number of benzene rings is 2. The van der Waals surface area contributed by atoms with Crippen molar-refractivity contribution in [2.45, 2.75) is 13.3 Å². The van der Waals surface area contributed by atoms with E-state index in [2.05, 4.69) is 5.32 Å². The zero-order chi connectivity index (χ0) is 20.0. The van der Waals surface area contributed by atoms with E-state index in [0.29, 0.717) is 34.9 Å². The molecule has 0 radical (unpaired) electrons. The van der Waals surface area contributed by atoms with Crippen LogP contribution in [-0.2, 0) is 4.79 Å². The maximum atomic E-state index is 12.1. The van der Waals surface area contributed by atoms with Crippen LogP contribution in [0.2, 0.25) is 0 Å². The van der Waals surface area contributed by atoms with E-state index >= 15 is 0 Å². The van der Waals surface area contributed by atoms with Gasteiger partial charge < -0.3 is 32.0 Å². The minimum Gasteiger partial charge on any atom is -0.493 e. The number of methoxy groups -OCH3 is 2. The first kappa shape index (κ1) is 20.0. The van der Waals surface area contributed by atoms with E-state index in [1.54, 1.807) is 32.4 Å². The normalized spacial score (nSPS) is 11.5. The number of ether oxygens (including phenoxy) is 2. The molecule has 0 aliphatic heterocycles. The van der Waals surface area contributed by atoms with Crippen molar-refractivity contribution in [2.75, 3.05) is 26.5 Å². The molecule has 0 fully saturated rings. The van der Waals surface area contributed by atoms with Crippen molar-refractivity contribution in [3.8, 4) is 22.6 Å². The van der Waals surface area contributed by atoms with Gasteiger partial charge in [-0.15, -0.1) is 0 Å². The lowest BCUT2D eigenvalue weighted by Crippen LogP contribution is -2.31. The molecule has 0 unspecified atom stereocenters. The third-order valence-electron chi connectivity index (χ3n) is 4.16. The number of hydrogen-bond donors (Lipinski definition) is 4. The Morgan fingerprint density at radius 1 is 1.04 bits per heavy atom. The van der Waals surface area contributed by atoms with Gasteiger partial charge in [-0.25, -0.2) is 0 Å². The highest BCUT2D eigenvalue weighted by Crippen LogP contribution is 2.41. The first-order chi connectivity index (χ1) is 13.0. The molecule has 144 valence electrons. The second-order valence-corrected chi connectivity index (χ2v) is 5.89.